The summed E-state index contributed by atoms with van der Waals surface area (Å²) in [5, 5.41) is 0. The van der Waals surface area contributed by atoms with Crippen LogP contribution in [0.3, 0.4) is 0 Å². The van der Waals surface area contributed by atoms with Crippen molar-refractivity contribution < 1.29 is 64.5 Å². The minimum atomic E-state index is -5.49. The molecule has 0 saturated carbocycles. The van der Waals surface area contributed by atoms with E-state index in [-0.39, 0.29) is 5.57 Å². The highest BCUT2D eigenvalue weighted by molar-refractivity contribution is 5.87. The van der Waals surface area contributed by atoms with E-state index < -0.39 is 61.7 Å². The third-order valence-electron chi connectivity index (χ3n) is 2.59. The van der Waals surface area contributed by atoms with Crippen LogP contribution in [0.15, 0.2) is 12.2 Å². The summed E-state index contributed by atoms with van der Waals surface area (Å²) < 4.78 is 90.5. The molecule has 0 amide bonds. The van der Waals surface area contributed by atoms with E-state index in [1.54, 1.807) is 0 Å². The van der Waals surface area contributed by atoms with Crippen molar-refractivity contribution in [3.05, 3.63) is 12.2 Å². The molecule has 0 atom stereocenters. The predicted octanol–water partition coefficient (Wildman–Crippen LogP) is 1.62. The lowest BCUT2D eigenvalue weighted by Gasteiger charge is -2.31. The molecule has 0 rings (SSSR count). The van der Waals surface area contributed by atoms with Gasteiger partial charge in [0.05, 0.1) is 0 Å². The molecule has 0 aromatic heterocycles. The van der Waals surface area contributed by atoms with E-state index in [0.29, 0.717) is 0 Å². The molecular formula is C14H14F6O8. The van der Waals surface area contributed by atoms with Crippen molar-refractivity contribution in [1.29, 1.82) is 0 Å². The normalized spacial score (nSPS) is 12.0. The highest BCUT2D eigenvalue weighted by Crippen LogP contribution is 2.23. The van der Waals surface area contributed by atoms with Gasteiger partial charge in [0.25, 0.3) is 0 Å². The number of alkyl halides is 6. The monoisotopic (exact) mass is 424 g/mol. The Kier molecular flexibility index (Phi) is 8.47. The lowest BCUT2D eigenvalue weighted by atomic mass is 10.1. The maximum Gasteiger partial charge on any atom is 0.490 e. The van der Waals surface area contributed by atoms with E-state index >= 15 is 0 Å². The van der Waals surface area contributed by atoms with Gasteiger partial charge in [0.1, 0.15) is 19.8 Å². The number of halogens is 6. The molecular weight excluding hydrogens is 410 g/mol. The Bertz CT molecular complexity index is 607. The van der Waals surface area contributed by atoms with Crippen molar-refractivity contribution in [2.24, 2.45) is 0 Å². The van der Waals surface area contributed by atoms with Crippen molar-refractivity contribution in [2.75, 3.05) is 19.8 Å². The standard InChI is InChI=1S/C14H14F6O8/c1-7(2)9(22)28-12(4-25-8(3)21,5-26-10(23)13(15,16)17)6-27-11(24)14(18,19)20/h1,4-6H2,2-3H3. The lowest BCUT2D eigenvalue weighted by Crippen LogP contribution is -2.51. The van der Waals surface area contributed by atoms with Gasteiger partial charge in [-0.1, -0.05) is 6.58 Å². The Balaban J connectivity index is 5.72. The summed E-state index contributed by atoms with van der Waals surface area (Å²) in [6, 6.07) is 0. The Hall–Kier alpha value is -2.80. The van der Waals surface area contributed by atoms with Gasteiger partial charge in [-0.2, -0.15) is 26.3 Å². The highest BCUT2D eigenvalue weighted by Gasteiger charge is 2.48. The van der Waals surface area contributed by atoms with Crippen LogP contribution in [0, 0.1) is 0 Å². The molecule has 0 unspecified atom stereocenters. The third kappa shape index (κ3) is 8.73. The van der Waals surface area contributed by atoms with Gasteiger partial charge in [0, 0.05) is 12.5 Å². The zero-order chi connectivity index (χ0) is 22.3. The smallest absolute Gasteiger partial charge is 0.461 e. The summed E-state index contributed by atoms with van der Waals surface area (Å²) >= 11 is 0. The van der Waals surface area contributed by atoms with Gasteiger partial charge in [-0.15, -0.1) is 0 Å². The van der Waals surface area contributed by atoms with Gasteiger partial charge < -0.3 is 18.9 Å². The van der Waals surface area contributed by atoms with E-state index in [1.165, 1.54) is 0 Å². The number of esters is 4. The molecule has 8 nitrogen and oxygen atoms in total. The van der Waals surface area contributed by atoms with Crippen molar-refractivity contribution in [3.63, 3.8) is 0 Å². The molecule has 0 aliphatic carbocycles. The SMILES string of the molecule is C=C(C)C(=O)OC(COC(C)=O)(COC(=O)C(F)(F)F)COC(=O)C(F)(F)F. The van der Waals surface area contributed by atoms with E-state index in [9.17, 15) is 45.5 Å². The van der Waals surface area contributed by atoms with Gasteiger partial charge in [0.15, 0.2) is 0 Å². The van der Waals surface area contributed by atoms with Gasteiger partial charge in [0.2, 0.25) is 5.60 Å². The maximum atomic E-state index is 12.3. The molecule has 160 valence electrons. The fourth-order valence-electron chi connectivity index (χ4n) is 1.29. The molecule has 0 fully saturated rings. The molecule has 0 aliphatic rings. The molecule has 0 saturated heterocycles. The molecule has 0 aromatic rings. The topological polar surface area (TPSA) is 105 Å². The summed E-state index contributed by atoms with van der Waals surface area (Å²) in [4.78, 5) is 44.4. The van der Waals surface area contributed by atoms with Gasteiger partial charge in [-0.05, 0) is 6.92 Å². The van der Waals surface area contributed by atoms with Crippen LogP contribution >= 0.6 is 0 Å². The van der Waals surface area contributed by atoms with Gasteiger partial charge >= 0.3 is 36.2 Å². The molecule has 14 heteroatoms. The maximum absolute atomic E-state index is 12.3. The molecule has 0 heterocycles. The first kappa shape index (κ1) is 25.2. The first-order valence-corrected chi connectivity index (χ1v) is 7.00. The molecule has 0 aromatic carbocycles. The summed E-state index contributed by atoms with van der Waals surface area (Å²) in [5.74, 6) is -8.01. The zero-order valence-corrected chi connectivity index (χ0v) is 14.4. The highest BCUT2D eigenvalue weighted by atomic mass is 19.4. The molecule has 0 aliphatic heterocycles. The Labute approximate surface area is 153 Å². The first-order chi connectivity index (χ1) is 12.5. The van der Waals surface area contributed by atoms with Crippen LogP contribution in [0.2, 0.25) is 0 Å². The second-order valence-electron chi connectivity index (χ2n) is 5.28. The summed E-state index contributed by atoms with van der Waals surface area (Å²) in [5.41, 5.74) is -3.07. The zero-order valence-electron chi connectivity index (χ0n) is 14.4. The lowest BCUT2D eigenvalue weighted by molar-refractivity contribution is -0.223. The third-order valence-corrected chi connectivity index (χ3v) is 2.59. The quantitative estimate of drug-likeness (QED) is 0.251. The number of carbonyl (C=O) groups is 4. The summed E-state index contributed by atoms with van der Waals surface area (Å²) in [6.07, 6.45) is -11.0. The number of carbonyl (C=O) groups excluding carboxylic acids is 4. The van der Waals surface area contributed by atoms with Gasteiger partial charge in [-0.3, -0.25) is 4.79 Å². The van der Waals surface area contributed by atoms with E-state index in [1.807, 2.05) is 0 Å². The van der Waals surface area contributed by atoms with Crippen molar-refractivity contribution in [1.82, 2.24) is 0 Å². The van der Waals surface area contributed by atoms with Crippen LogP contribution in [0.1, 0.15) is 13.8 Å². The fraction of sp³-hybridized carbons (Fsp3) is 0.571. The van der Waals surface area contributed by atoms with Crippen LogP contribution < -0.4 is 0 Å². The number of hydrogen-bond donors (Lipinski definition) is 0. The Morgan fingerprint density at radius 2 is 1.11 bits per heavy atom. The first-order valence-electron chi connectivity index (χ1n) is 7.00. The minimum Gasteiger partial charge on any atom is -0.461 e. The number of hydrogen-bond acceptors (Lipinski definition) is 8. The Morgan fingerprint density at radius 1 is 0.750 bits per heavy atom. The van der Waals surface area contributed by atoms with Crippen LogP contribution in [0.25, 0.3) is 0 Å². The van der Waals surface area contributed by atoms with E-state index in [0.717, 1.165) is 13.8 Å². The molecule has 0 bridgehead atoms. The molecule has 0 radical (unpaired) electrons. The summed E-state index contributed by atoms with van der Waals surface area (Å²) in [6.45, 7) is 0.729. The second-order valence-corrected chi connectivity index (χ2v) is 5.28. The molecule has 0 N–H and O–H groups in total. The molecule has 0 spiro atoms. The minimum absolute atomic E-state index is 0.364. The van der Waals surface area contributed by atoms with Gasteiger partial charge in [-0.25, -0.2) is 14.4 Å². The van der Waals surface area contributed by atoms with Crippen molar-refractivity contribution >= 4 is 23.9 Å². The van der Waals surface area contributed by atoms with Crippen LogP contribution in [-0.4, -0.2) is 61.7 Å². The van der Waals surface area contributed by atoms with E-state index in [2.05, 4.69) is 25.5 Å². The van der Waals surface area contributed by atoms with Crippen LogP contribution in [-0.2, 0) is 38.1 Å². The number of rotatable bonds is 8. The molecule has 28 heavy (non-hydrogen) atoms. The second kappa shape index (κ2) is 9.41. The van der Waals surface area contributed by atoms with E-state index in [4.69, 9.17) is 0 Å². The van der Waals surface area contributed by atoms with Crippen LogP contribution in [0.4, 0.5) is 26.3 Å². The number of ether oxygens (including phenoxy) is 4. The fourth-order valence-corrected chi connectivity index (χ4v) is 1.29. The predicted molar refractivity (Wildman–Crippen MR) is 74.3 cm³/mol. The van der Waals surface area contributed by atoms with Crippen molar-refractivity contribution in [3.8, 4) is 0 Å². The van der Waals surface area contributed by atoms with Crippen LogP contribution in [0.5, 0.6) is 0 Å². The average Bonchev–Trinajstić information content (AvgIpc) is 2.53. The largest absolute Gasteiger partial charge is 0.490 e. The Morgan fingerprint density at radius 3 is 1.39 bits per heavy atom. The van der Waals surface area contributed by atoms with Crippen molar-refractivity contribution in [2.45, 2.75) is 31.8 Å². The average molecular weight is 424 g/mol. The summed E-state index contributed by atoms with van der Waals surface area (Å²) in [7, 11) is 0.